The molecule has 1 fully saturated rings. The summed E-state index contributed by atoms with van der Waals surface area (Å²) in [5.41, 5.74) is -0.250. The van der Waals surface area contributed by atoms with Crippen molar-refractivity contribution in [3.05, 3.63) is 68.8 Å². The maximum absolute atomic E-state index is 12.8. The first-order chi connectivity index (χ1) is 13.3. The Morgan fingerprint density at radius 1 is 1.00 bits per heavy atom. The molecule has 0 spiro atoms. The number of sulfone groups is 1. The molecule has 148 valence electrons. The third-order valence-corrected chi connectivity index (χ3v) is 6.12. The van der Waals surface area contributed by atoms with Crippen molar-refractivity contribution < 1.29 is 23.0 Å². The van der Waals surface area contributed by atoms with Gasteiger partial charge in [0.05, 0.1) is 16.4 Å². The molecule has 0 aromatic heterocycles. The van der Waals surface area contributed by atoms with Gasteiger partial charge in [0.15, 0.2) is 9.84 Å². The lowest BCUT2D eigenvalue weighted by molar-refractivity contribution is -0.528. The molecule has 1 aliphatic rings. The third-order valence-electron chi connectivity index (χ3n) is 4.13. The summed E-state index contributed by atoms with van der Waals surface area (Å²) in [7, 11) is -3.86. The van der Waals surface area contributed by atoms with Crippen LogP contribution in [-0.4, -0.2) is 42.9 Å². The second-order valence-corrected chi connectivity index (χ2v) is 8.08. The van der Waals surface area contributed by atoms with E-state index in [1.165, 1.54) is 42.5 Å². The van der Waals surface area contributed by atoms with E-state index in [-0.39, 0.29) is 35.2 Å². The van der Waals surface area contributed by atoms with Gasteiger partial charge in [-0.2, -0.15) is 0 Å². The van der Waals surface area contributed by atoms with Crippen LogP contribution in [0.3, 0.4) is 0 Å². The van der Waals surface area contributed by atoms with E-state index in [2.05, 4.69) is 10.6 Å². The molecule has 2 N–H and O–H groups in total. The van der Waals surface area contributed by atoms with E-state index in [0.717, 1.165) is 0 Å². The van der Waals surface area contributed by atoms with Gasteiger partial charge < -0.3 is 4.74 Å². The van der Waals surface area contributed by atoms with Gasteiger partial charge in [-0.25, -0.2) is 8.42 Å². The molecule has 3 rings (SSSR count). The zero-order chi connectivity index (χ0) is 20.3. The lowest BCUT2D eigenvalue weighted by Gasteiger charge is -2.26. The normalized spacial score (nSPS) is 19.7. The van der Waals surface area contributed by atoms with Crippen molar-refractivity contribution in [3.8, 4) is 11.5 Å². The molecule has 0 aliphatic carbocycles. The minimum Gasteiger partial charge on any atom is -0.450 e. The zero-order valence-electron chi connectivity index (χ0n) is 14.3. The molecule has 1 heterocycles. The van der Waals surface area contributed by atoms with Gasteiger partial charge in [0.25, 0.3) is 6.17 Å². The van der Waals surface area contributed by atoms with E-state index >= 15 is 0 Å². The molecule has 11 nitrogen and oxygen atoms in total. The number of benzene rings is 2. The Hall–Kier alpha value is -3.09. The van der Waals surface area contributed by atoms with Crippen LogP contribution in [0.25, 0.3) is 0 Å². The van der Waals surface area contributed by atoms with Crippen molar-refractivity contribution in [3.63, 3.8) is 0 Å². The number of nitro groups is 2. The summed E-state index contributed by atoms with van der Waals surface area (Å²) in [5.74, 6) is 0.0932. The summed E-state index contributed by atoms with van der Waals surface area (Å²) in [6, 6.07) is 11.3. The number of piperazine rings is 1. The molecule has 28 heavy (non-hydrogen) atoms. The third kappa shape index (κ3) is 4.08. The molecular weight excluding hydrogens is 392 g/mol. The van der Waals surface area contributed by atoms with Crippen LogP contribution in [0.5, 0.6) is 11.5 Å². The molecule has 1 saturated heterocycles. The summed E-state index contributed by atoms with van der Waals surface area (Å²) in [5, 5.41) is 26.0. The van der Waals surface area contributed by atoms with Crippen molar-refractivity contribution in [2.45, 2.75) is 16.4 Å². The van der Waals surface area contributed by atoms with Gasteiger partial charge in [-0.3, -0.25) is 30.9 Å². The molecular formula is C16H16N4O7S. The van der Waals surface area contributed by atoms with Gasteiger partial charge in [-0.1, -0.05) is 18.2 Å². The Labute approximate surface area is 159 Å². The fourth-order valence-electron chi connectivity index (χ4n) is 2.70. The van der Waals surface area contributed by atoms with E-state index in [4.69, 9.17) is 4.74 Å². The number of hydrogen-bond acceptors (Lipinski definition) is 9. The van der Waals surface area contributed by atoms with Crippen molar-refractivity contribution in [2.75, 3.05) is 13.1 Å². The summed E-state index contributed by atoms with van der Waals surface area (Å²) in [6.07, 6.45) is -1.06. The average molecular weight is 408 g/mol. The number of nitrogens with zero attached hydrogens (tertiary/aromatic N) is 2. The quantitative estimate of drug-likeness (QED) is 0.531. The van der Waals surface area contributed by atoms with E-state index in [9.17, 15) is 28.6 Å². The predicted octanol–water partition coefficient (Wildman–Crippen LogP) is 1.28. The number of nitro benzene ring substituents is 1. The highest BCUT2D eigenvalue weighted by Crippen LogP contribution is 2.32. The summed E-state index contributed by atoms with van der Waals surface area (Å²) in [6.45, 7) is -0.271. The fourth-order valence-corrected chi connectivity index (χ4v) is 4.21. The lowest BCUT2D eigenvalue weighted by Crippen LogP contribution is -2.59. The monoisotopic (exact) mass is 408 g/mol. The summed E-state index contributed by atoms with van der Waals surface area (Å²) < 4.78 is 31.1. The van der Waals surface area contributed by atoms with Crippen LogP contribution < -0.4 is 15.4 Å². The van der Waals surface area contributed by atoms with E-state index in [1.54, 1.807) is 6.07 Å². The molecule has 2 aromatic rings. The van der Waals surface area contributed by atoms with Crippen LogP contribution in [0.1, 0.15) is 0 Å². The van der Waals surface area contributed by atoms with Crippen molar-refractivity contribution >= 4 is 15.5 Å². The van der Waals surface area contributed by atoms with Gasteiger partial charge in [0.1, 0.15) is 11.1 Å². The first-order valence-electron chi connectivity index (χ1n) is 8.14. The maximum Gasteiger partial charge on any atom is 0.311 e. The standard InChI is InChI=1S/C16H16N4O7S/c21-19(22)13-6-1-2-7-14(13)27-11-4-3-5-12(8-11)28(25,26)16-10-17-15(9-18-16)20(23)24/h1-8,15-18H,9-10H2. The Morgan fingerprint density at radius 2 is 1.75 bits per heavy atom. The molecule has 0 radical (unpaired) electrons. The van der Waals surface area contributed by atoms with Crippen molar-refractivity contribution in [1.82, 2.24) is 10.6 Å². The molecule has 2 atom stereocenters. The number of nitrogens with one attached hydrogen (secondary N) is 2. The van der Waals surface area contributed by atoms with Crippen LogP contribution in [0.4, 0.5) is 5.69 Å². The van der Waals surface area contributed by atoms with Crippen LogP contribution in [0.15, 0.2) is 53.4 Å². The smallest absolute Gasteiger partial charge is 0.311 e. The predicted molar refractivity (Wildman–Crippen MR) is 97.4 cm³/mol. The number of hydrogen-bond donors (Lipinski definition) is 2. The molecule has 0 saturated carbocycles. The van der Waals surface area contributed by atoms with Gasteiger partial charge in [-0.15, -0.1) is 0 Å². The Morgan fingerprint density at radius 3 is 2.39 bits per heavy atom. The minimum absolute atomic E-state index is 0.0201. The van der Waals surface area contributed by atoms with E-state index in [0.29, 0.717) is 0 Å². The number of para-hydroxylation sites is 2. The number of ether oxygens (including phenoxy) is 1. The topological polar surface area (TPSA) is 154 Å². The molecule has 2 unspecified atom stereocenters. The molecule has 1 aliphatic heterocycles. The molecule has 12 heteroatoms. The first-order valence-corrected chi connectivity index (χ1v) is 9.69. The lowest BCUT2D eigenvalue weighted by atomic mass is 10.3. The second-order valence-electron chi connectivity index (χ2n) is 5.95. The van der Waals surface area contributed by atoms with Gasteiger partial charge in [0.2, 0.25) is 5.75 Å². The van der Waals surface area contributed by atoms with Gasteiger partial charge >= 0.3 is 5.69 Å². The highest BCUT2D eigenvalue weighted by atomic mass is 32.2. The number of rotatable bonds is 6. The van der Waals surface area contributed by atoms with Gasteiger partial charge in [-0.05, 0) is 24.3 Å². The van der Waals surface area contributed by atoms with Crippen LogP contribution >= 0.6 is 0 Å². The van der Waals surface area contributed by atoms with E-state index in [1.807, 2.05) is 0 Å². The SMILES string of the molecule is O=[N+]([O-])c1ccccc1Oc1cccc(S(=O)(=O)C2CNC([N+](=O)[O-])CN2)c1. The van der Waals surface area contributed by atoms with E-state index < -0.39 is 31.2 Å². The maximum atomic E-state index is 12.8. The second kappa shape index (κ2) is 7.88. The molecule has 0 amide bonds. The zero-order valence-corrected chi connectivity index (χ0v) is 15.2. The minimum atomic E-state index is -3.86. The molecule has 0 bridgehead atoms. The van der Waals surface area contributed by atoms with Crippen molar-refractivity contribution in [1.29, 1.82) is 0 Å². The highest BCUT2D eigenvalue weighted by Gasteiger charge is 2.35. The molecule has 2 aromatic carbocycles. The van der Waals surface area contributed by atoms with Crippen LogP contribution in [0, 0.1) is 20.2 Å². The summed E-state index contributed by atoms with van der Waals surface area (Å²) in [4.78, 5) is 20.7. The summed E-state index contributed by atoms with van der Waals surface area (Å²) >= 11 is 0. The van der Waals surface area contributed by atoms with Crippen LogP contribution in [-0.2, 0) is 9.84 Å². The Balaban J connectivity index is 1.82. The Bertz CT molecular complexity index is 1000. The average Bonchev–Trinajstić information content (AvgIpc) is 2.68. The van der Waals surface area contributed by atoms with Gasteiger partial charge in [0, 0.05) is 17.5 Å². The highest BCUT2D eigenvalue weighted by molar-refractivity contribution is 7.92. The largest absolute Gasteiger partial charge is 0.450 e. The van der Waals surface area contributed by atoms with Crippen molar-refractivity contribution in [2.24, 2.45) is 0 Å². The fraction of sp³-hybridized carbons (Fsp3) is 0.250. The Kier molecular flexibility index (Phi) is 5.53. The first kappa shape index (κ1) is 19.7. The van der Waals surface area contributed by atoms with Crippen LogP contribution in [0.2, 0.25) is 0 Å².